The van der Waals surface area contributed by atoms with Crippen molar-refractivity contribution in [1.29, 1.82) is 0 Å². The first-order valence-corrected chi connectivity index (χ1v) is 10.00. The van der Waals surface area contributed by atoms with Crippen molar-refractivity contribution in [2.24, 2.45) is 0 Å². The number of rotatable bonds is 5. The fourth-order valence-electron chi connectivity index (χ4n) is 4.55. The Hall–Kier alpha value is -2.33. The van der Waals surface area contributed by atoms with Crippen LogP contribution < -0.4 is 10.1 Å². The molecule has 1 fully saturated rings. The number of nitrogens with one attached hydrogen (secondary N) is 1. The van der Waals surface area contributed by atoms with Crippen LogP contribution in [-0.2, 0) is 11.2 Å². The van der Waals surface area contributed by atoms with Crippen molar-refractivity contribution in [2.45, 2.75) is 44.2 Å². The van der Waals surface area contributed by atoms with E-state index in [-0.39, 0.29) is 11.9 Å². The molecule has 2 aliphatic rings. The number of amides is 1. The monoisotopic (exact) mass is 364 g/mol. The standard InChI is InChI=1S/C23H28N2O2/c1-27-19-13-11-18(12-14-19)22-10-5-15-25(22)16-23(26)24-21-9-4-7-17-6-2-3-8-20(17)21/h2-3,6,8,11-14,21-22H,4-5,7,9-10,15-16H2,1H3,(H,24,26). The van der Waals surface area contributed by atoms with Gasteiger partial charge in [-0.05, 0) is 67.5 Å². The van der Waals surface area contributed by atoms with E-state index in [4.69, 9.17) is 4.74 Å². The van der Waals surface area contributed by atoms with Crippen LogP contribution in [0, 0.1) is 0 Å². The van der Waals surface area contributed by atoms with Crippen molar-refractivity contribution < 1.29 is 9.53 Å². The Labute approximate surface area is 161 Å². The van der Waals surface area contributed by atoms with Gasteiger partial charge in [0.15, 0.2) is 0 Å². The Kier molecular flexibility index (Phi) is 5.44. The van der Waals surface area contributed by atoms with Crippen LogP contribution in [0.4, 0.5) is 0 Å². The molecule has 27 heavy (non-hydrogen) atoms. The molecule has 1 amide bonds. The molecule has 142 valence electrons. The second-order valence-electron chi connectivity index (χ2n) is 7.61. The molecule has 1 heterocycles. The highest BCUT2D eigenvalue weighted by molar-refractivity contribution is 5.78. The number of benzene rings is 2. The van der Waals surface area contributed by atoms with E-state index < -0.39 is 0 Å². The SMILES string of the molecule is COc1ccc(C2CCCN2CC(=O)NC2CCCc3ccccc32)cc1. The summed E-state index contributed by atoms with van der Waals surface area (Å²) < 4.78 is 5.26. The minimum absolute atomic E-state index is 0.136. The minimum atomic E-state index is 0.136. The third-order valence-corrected chi connectivity index (χ3v) is 5.92. The highest BCUT2D eigenvalue weighted by Crippen LogP contribution is 2.33. The molecule has 0 aromatic heterocycles. The van der Waals surface area contributed by atoms with Crippen molar-refractivity contribution >= 4 is 5.91 Å². The summed E-state index contributed by atoms with van der Waals surface area (Å²) in [4.78, 5) is 15.1. The summed E-state index contributed by atoms with van der Waals surface area (Å²) in [5.74, 6) is 1.01. The van der Waals surface area contributed by atoms with Gasteiger partial charge in [0.05, 0.1) is 19.7 Å². The minimum Gasteiger partial charge on any atom is -0.497 e. The van der Waals surface area contributed by atoms with E-state index >= 15 is 0 Å². The number of aryl methyl sites for hydroxylation is 1. The average molecular weight is 364 g/mol. The van der Waals surface area contributed by atoms with E-state index in [2.05, 4.69) is 46.6 Å². The lowest BCUT2D eigenvalue weighted by atomic mass is 9.88. The fraction of sp³-hybridized carbons (Fsp3) is 0.435. The van der Waals surface area contributed by atoms with Crippen LogP contribution in [-0.4, -0.2) is 31.0 Å². The molecule has 4 nitrogen and oxygen atoms in total. The zero-order valence-electron chi connectivity index (χ0n) is 16.0. The van der Waals surface area contributed by atoms with Gasteiger partial charge >= 0.3 is 0 Å². The number of hydrogen-bond acceptors (Lipinski definition) is 3. The molecular weight excluding hydrogens is 336 g/mol. The van der Waals surface area contributed by atoms with Crippen molar-refractivity contribution in [3.05, 3.63) is 65.2 Å². The maximum Gasteiger partial charge on any atom is 0.234 e. The highest BCUT2D eigenvalue weighted by atomic mass is 16.5. The summed E-state index contributed by atoms with van der Waals surface area (Å²) in [5.41, 5.74) is 3.95. The lowest BCUT2D eigenvalue weighted by molar-refractivity contribution is -0.123. The molecular formula is C23H28N2O2. The third kappa shape index (κ3) is 4.01. The molecule has 1 N–H and O–H groups in total. The van der Waals surface area contributed by atoms with E-state index in [0.29, 0.717) is 12.6 Å². The lowest BCUT2D eigenvalue weighted by Gasteiger charge is -2.29. The normalized spacial score (nSPS) is 22.3. The van der Waals surface area contributed by atoms with Gasteiger partial charge in [0.25, 0.3) is 0 Å². The number of nitrogens with zero attached hydrogens (tertiary/aromatic N) is 1. The van der Waals surface area contributed by atoms with Gasteiger partial charge in [0.1, 0.15) is 5.75 Å². The van der Waals surface area contributed by atoms with E-state index in [9.17, 15) is 4.79 Å². The number of methoxy groups -OCH3 is 1. The van der Waals surface area contributed by atoms with Crippen molar-refractivity contribution in [1.82, 2.24) is 10.2 Å². The van der Waals surface area contributed by atoms with Crippen LogP contribution in [0.3, 0.4) is 0 Å². The molecule has 0 spiro atoms. The molecule has 2 aromatic carbocycles. The number of hydrogen-bond donors (Lipinski definition) is 1. The smallest absolute Gasteiger partial charge is 0.234 e. The molecule has 4 rings (SSSR count). The molecule has 4 heteroatoms. The lowest BCUT2D eigenvalue weighted by Crippen LogP contribution is -2.39. The molecule has 0 bridgehead atoms. The third-order valence-electron chi connectivity index (χ3n) is 5.92. The van der Waals surface area contributed by atoms with Crippen LogP contribution in [0.25, 0.3) is 0 Å². The number of carbonyl (C=O) groups excluding carboxylic acids is 1. The molecule has 0 saturated carbocycles. The summed E-state index contributed by atoms with van der Waals surface area (Å²) in [7, 11) is 1.69. The van der Waals surface area contributed by atoms with E-state index in [1.54, 1.807) is 7.11 Å². The van der Waals surface area contributed by atoms with Crippen molar-refractivity contribution in [2.75, 3.05) is 20.2 Å². The number of likely N-dealkylation sites (tertiary alicyclic amines) is 1. The first-order valence-electron chi connectivity index (χ1n) is 10.00. The van der Waals surface area contributed by atoms with Gasteiger partial charge < -0.3 is 10.1 Å². The Morgan fingerprint density at radius 2 is 1.93 bits per heavy atom. The summed E-state index contributed by atoms with van der Waals surface area (Å²) in [6.45, 7) is 1.45. The predicted molar refractivity (Wildman–Crippen MR) is 107 cm³/mol. The van der Waals surface area contributed by atoms with Gasteiger partial charge in [-0.1, -0.05) is 36.4 Å². The quantitative estimate of drug-likeness (QED) is 0.871. The average Bonchev–Trinajstić information content (AvgIpc) is 3.16. The van der Waals surface area contributed by atoms with Crippen LogP contribution >= 0.6 is 0 Å². The van der Waals surface area contributed by atoms with Gasteiger partial charge in [0.2, 0.25) is 5.91 Å². The Morgan fingerprint density at radius 1 is 1.11 bits per heavy atom. The van der Waals surface area contributed by atoms with Gasteiger partial charge in [-0.2, -0.15) is 0 Å². The molecule has 2 aromatic rings. The topological polar surface area (TPSA) is 41.6 Å². The number of ether oxygens (including phenoxy) is 1. The fourth-order valence-corrected chi connectivity index (χ4v) is 4.55. The Balaban J connectivity index is 1.40. The Bertz CT molecular complexity index is 787. The van der Waals surface area contributed by atoms with Gasteiger partial charge in [0, 0.05) is 6.04 Å². The second kappa shape index (κ2) is 8.13. The van der Waals surface area contributed by atoms with E-state index in [1.807, 2.05) is 12.1 Å². The summed E-state index contributed by atoms with van der Waals surface area (Å²) in [6.07, 6.45) is 5.53. The maximum atomic E-state index is 12.8. The summed E-state index contributed by atoms with van der Waals surface area (Å²) in [5, 5.41) is 3.29. The molecule has 1 aliphatic heterocycles. The van der Waals surface area contributed by atoms with Gasteiger partial charge in [-0.25, -0.2) is 0 Å². The van der Waals surface area contributed by atoms with E-state index in [1.165, 1.54) is 16.7 Å². The summed E-state index contributed by atoms with van der Waals surface area (Å²) >= 11 is 0. The van der Waals surface area contributed by atoms with Crippen LogP contribution in [0.1, 0.15) is 54.5 Å². The molecule has 1 saturated heterocycles. The van der Waals surface area contributed by atoms with Crippen LogP contribution in [0.5, 0.6) is 5.75 Å². The zero-order valence-corrected chi connectivity index (χ0v) is 16.0. The largest absolute Gasteiger partial charge is 0.497 e. The Morgan fingerprint density at radius 3 is 2.74 bits per heavy atom. The molecule has 2 atom stereocenters. The summed E-state index contributed by atoms with van der Waals surface area (Å²) in [6, 6.07) is 17.2. The molecule has 2 unspecified atom stereocenters. The number of fused-ring (bicyclic) bond motifs is 1. The van der Waals surface area contributed by atoms with Crippen LogP contribution in [0.15, 0.2) is 48.5 Å². The van der Waals surface area contributed by atoms with Crippen molar-refractivity contribution in [3.8, 4) is 5.75 Å². The molecule has 0 radical (unpaired) electrons. The van der Waals surface area contributed by atoms with Gasteiger partial charge in [-0.15, -0.1) is 0 Å². The van der Waals surface area contributed by atoms with Crippen LogP contribution in [0.2, 0.25) is 0 Å². The molecule has 1 aliphatic carbocycles. The van der Waals surface area contributed by atoms with E-state index in [0.717, 1.165) is 44.4 Å². The van der Waals surface area contributed by atoms with Crippen molar-refractivity contribution in [3.63, 3.8) is 0 Å². The second-order valence-corrected chi connectivity index (χ2v) is 7.61. The first-order chi connectivity index (χ1) is 13.2. The van der Waals surface area contributed by atoms with Gasteiger partial charge in [-0.3, -0.25) is 9.69 Å². The first kappa shape index (κ1) is 18.1. The zero-order chi connectivity index (χ0) is 18.6. The maximum absolute atomic E-state index is 12.8. The highest BCUT2D eigenvalue weighted by Gasteiger charge is 2.29. The number of carbonyl (C=O) groups is 1. The predicted octanol–water partition coefficient (Wildman–Crippen LogP) is 4.03.